The van der Waals surface area contributed by atoms with Crippen LogP contribution in [0.5, 0.6) is 0 Å². The van der Waals surface area contributed by atoms with E-state index >= 15 is 0 Å². The van der Waals surface area contributed by atoms with Crippen LogP contribution in [0.1, 0.15) is 20.3 Å². The molecule has 0 spiro atoms. The maximum atomic E-state index is 9.91. The molecule has 0 aromatic heterocycles. The second kappa shape index (κ2) is 6.12. The van der Waals surface area contributed by atoms with Crippen molar-refractivity contribution in [1.29, 1.82) is 0 Å². The van der Waals surface area contributed by atoms with Gasteiger partial charge in [0.05, 0.1) is 0 Å². The van der Waals surface area contributed by atoms with E-state index in [1.165, 1.54) is 0 Å². The van der Waals surface area contributed by atoms with E-state index in [-0.39, 0.29) is 6.04 Å². The molecule has 0 aromatic rings. The lowest BCUT2D eigenvalue weighted by molar-refractivity contribution is -0.109. The van der Waals surface area contributed by atoms with Crippen molar-refractivity contribution in [2.75, 3.05) is 6.54 Å². The van der Waals surface area contributed by atoms with E-state index in [2.05, 4.69) is 10.6 Å². The molecular weight excluding hydrogens is 144 g/mol. The first-order valence-corrected chi connectivity index (χ1v) is 3.81. The van der Waals surface area contributed by atoms with Gasteiger partial charge in [-0.3, -0.25) is 10.1 Å². The number of rotatable bonds is 6. The topological polar surface area (TPSA) is 61.4 Å². The van der Waals surface area contributed by atoms with Crippen molar-refractivity contribution >= 4 is 6.41 Å². The minimum absolute atomic E-state index is 0.153. The molecule has 0 aliphatic heterocycles. The van der Waals surface area contributed by atoms with Crippen molar-refractivity contribution in [3.05, 3.63) is 0 Å². The van der Waals surface area contributed by atoms with Crippen molar-refractivity contribution in [3.63, 3.8) is 0 Å². The second-order valence-corrected chi connectivity index (χ2v) is 2.47. The Balaban J connectivity index is 3.48. The number of carbonyl (C=O) groups is 1. The van der Waals surface area contributed by atoms with Crippen LogP contribution in [0.4, 0.5) is 0 Å². The highest BCUT2D eigenvalue weighted by atomic mass is 16.3. The summed E-state index contributed by atoms with van der Waals surface area (Å²) in [5.41, 5.74) is 0. The van der Waals surface area contributed by atoms with Gasteiger partial charge in [-0.15, -0.1) is 0 Å². The summed E-state index contributed by atoms with van der Waals surface area (Å²) in [6, 6.07) is 0.153. The van der Waals surface area contributed by atoms with Gasteiger partial charge in [0.15, 0.2) is 0 Å². The fraction of sp³-hybridized carbons (Fsp3) is 0.857. The lowest BCUT2D eigenvalue weighted by atomic mass is 10.2. The van der Waals surface area contributed by atoms with Crippen LogP contribution < -0.4 is 10.6 Å². The molecule has 3 N–H and O–H groups in total. The smallest absolute Gasteiger partial charge is 0.207 e. The average molecular weight is 160 g/mol. The Morgan fingerprint density at radius 2 is 2.27 bits per heavy atom. The number of aliphatic hydroxyl groups excluding tert-OH is 1. The Labute approximate surface area is 67.0 Å². The summed E-state index contributed by atoms with van der Waals surface area (Å²) in [6.07, 6.45) is 1.02. The number of aliphatic hydroxyl groups is 1. The summed E-state index contributed by atoms with van der Waals surface area (Å²) in [4.78, 5) is 9.91. The zero-order chi connectivity index (χ0) is 8.69. The van der Waals surface area contributed by atoms with E-state index in [1.54, 1.807) is 6.92 Å². The van der Waals surface area contributed by atoms with Crippen LogP contribution in [0.25, 0.3) is 0 Å². The first-order valence-electron chi connectivity index (χ1n) is 3.81. The first kappa shape index (κ1) is 10.4. The Kier molecular flexibility index (Phi) is 5.78. The maximum absolute atomic E-state index is 9.91. The second-order valence-electron chi connectivity index (χ2n) is 2.47. The van der Waals surface area contributed by atoms with E-state index in [0.717, 1.165) is 6.42 Å². The number of hydrogen-bond donors (Lipinski definition) is 3. The van der Waals surface area contributed by atoms with Gasteiger partial charge in [-0.05, 0) is 13.3 Å². The quantitative estimate of drug-likeness (QED) is 0.360. The molecule has 4 heteroatoms. The van der Waals surface area contributed by atoms with Gasteiger partial charge in [-0.2, -0.15) is 0 Å². The number of hydrogen-bond acceptors (Lipinski definition) is 3. The predicted octanol–water partition coefficient (Wildman–Crippen LogP) is -0.561. The van der Waals surface area contributed by atoms with Gasteiger partial charge in [0.25, 0.3) is 0 Å². The molecular formula is C7H16N2O2. The van der Waals surface area contributed by atoms with E-state index < -0.39 is 6.23 Å². The molecule has 66 valence electrons. The molecule has 0 saturated carbocycles. The van der Waals surface area contributed by atoms with E-state index in [0.29, 0.717) is 13.0 Å². The van der Waals surface area contributed by atoms with Crippen LogP contribution in [0, 0.1) is 0 Å². The third-order valence-corrected chi connectivity index (χ3v) is 1.42. The van der Waals surface area contributed by atoms with Crippen LogP contribution in [0.2, 0.25) is 0 Å². The van der Waals surface area contributed by atoms with Crippen molar-refractivity contribution < 1.29 is 9.90 Å². The van der Waals surface area contributed by atoms with Crippen molar-refractivity contribution in [2.45, 2.75) is 32.5 Å². The van der Waals surface area contributed by atoms with Gasteiger partial charge in [0, 0.05) is 12.6 Å². The van der Waals surface area contributed by atoms with E-state index in [1.807, 2.05) is 6.92 Å². The largest absolute Gasteiger partial charge is 0.379 e. The van der Waals surface area contributed by atoms with Crippen LogP contribution in [-0.2, 0) is 4.79 Å². The summed E-state index contributed by atoms with van der Waals surface area (Å²) in [6.45, 7) is 4.21. The predicted molar refractivity (Wildman–Crippen MR) is 43.0 cm³/mol. The van der Waals surface area contributed by atoms with E-state index in [9.17, 15) is 4.79 Å². The van der Waals surface area contributed by atoms with Crippen molar-refractivity contribution in [2.24, 2.45) is 0 Å². The SMILES string of the molecule is CC[C@H](CNC=O)NC(C)O. The molecule has 0 saturated heterocycles. The summed E-state index contributed by atoms with van der Waals surface area (Å²) < 4.78 is 0. The first-order chi connectivity index (χ1) is 5.20. The van der Waals surface area contributed by atoms with E-state index in [4.69, 9.17) is 5.11 Å². The fourth-order valence-corrected chi connectivity index (χ4v) is 0.853. The Hall–Kier alpha value is -0.610. The van der Waals surface area contributed by atoms with Gasteiger partial charge in [0.2, 0.25) is 6.41 Å². The van der Waals surface area contributed by atoms with Gasteiger partial charge in [-0.25, -0.2) is 0 Å². The highest BCUT2D eigenvalue weighted by molar-refractivity contribution is 5.45. The summed E-state index contributed by atoms with van der Waals surface area (Å²) in [5.74, 6) is 0. The zero-order valence-corrected chi connectivity index (χ0v) is 7.00. The number of amides is 1. The maximum Gasteiger partial charge on any atom is 0.207 e. The molecule has 11 heavy (non-hydrogen) atoms. The van der Waals surface area contributed by atoms with Crippen molar-refractivity contribution in [1.82, 2.24) is 10.6 Å². The molecule has 4 nitrogen and oxygen atoms in total. The number of carbonyl (C=O) groups excluding carboxylic acids is 1. The Morgan fingerprint density at radius 1 is 1.64 bits per heavy atom. The monoisotopic (exact) mass is 160 g/mol. The zero-order valence-electron chi connectivity index (χ0n) is 7.00. The molecule has 1 unspecified atom stereocenters. The van der Waals surface area contributed by atoms with Gasteiger partial charge < -0.3 is 10.4 Å². The van der Waals surface area contributed by atoms with Crippen LogP contribution >= 0.6 is 0 Å². The molecule has 0 heterocycles. The summed E-state index contributed by atoms with van der Waals surface area (Å²) in [5, 5.41) is 14.4. The van der Waals surface area contributed by atoms with Crippen LogP contribution in [0.15, 0.2) is 0 Å². The molecule has 2 atom stereocenters. The average Bonchev–Trinajstić information content (AvgIpc) is 1.97. The van der Waals surface area contributed by atoms with Crippen LogP contribution in [0.3, 0.4) is 0 Å². The molecule has 0 bridgehead atoms. The highest BCUT2D eigenvalue weighted by Crippen LogP contribution is 1.89. The Bertz CT molecular complexity index is 107. The lowest BCUT2D eigenvalue weighted by Gasteiger charge is -2.17. The molecule has 0 aliphatic carbocycles. The third-order valence-electron chi connectivity index (χ3n) is 1.42. The fourth-order valence-electron chi connectivity index (χ4n) is 0.853. The molecule has 0 rings (SSSR count). The van der Waals surface area contributed by atoms with Crippen molar-refractivity contribution in [3.8, 4) is 0 Å². The van der Waals surface area contributed by atoms with Crippen LogP contribution in [-0.4, -0.2) is 30.3 Å². The molecule has 1 amide bonds. The van der Waals surface area contributed by atoms with Gasteiger partial charge in [0.1, 0.15) is 6.23 Å². The van der Waals surface area contributed by atoms with Gasteiger partial charge in [-0.1, -0.05) is 6.92 Å². The molecule has 0 fully saturated rings. The molecule has 0 aliphatic rings. The Morgan fingerprint density at radius 3 is 2.64 bits per heavy atom. The molecule has 0 aromatic carbocycles. The lowest BCUT2D eigenvalue weighted by Crippen LogP contribution is -2.42. The van der Waals surface area contributed by atoms with Gasteiger partial charge >= 0.3 is 0 Å². The number of nitrogens with one attached hydrogen (secondary N) is 2. The summed E-state index contributed by atoms with van der Waals surface area (Å²) >= 11 is 0. The minimum atomic E-state index is -0.520. The third kappa shape index (κ3) is 5.82. The normalized spacial score (nSPS) is 15.5. The summed E-state index contributed by atoms with van der Waals surface area (Å²) in [7, 11) is 0. The minimum Gasteiger partial charge on any atom is -0.379 e. The standard InChI is InChI=1S/C7H16N2O2/c1-3-7(4-8-5-10)9-6(2)11/h5-7,9,11H,3-4H2,1-2H3,(H,8,10)/t6?,7-/m1/s1. The highest BCUT2D eigenvalue weighted by Gasteiger charge is 2.06. The molecule has 0 radical (unpaired) electrons.